The summed E-state index contributed by atoms with van der Waals surface area (Å²) in [6.45, 7) is 4.59. The van der Waals surface area contributed by atoms with Crippen molar-refractivity contribution in [3.63, 3.8) is 0 Å². The third kappa shape index (κ3) is 4.84. The minimum Gasteiger partial charge on any atom is -0.482 e. The molecule has 5 heterocycles. The van der Waals surface area contributed by atoms with E-state index in [0.29, 0.717) is 18.1 Å². The number of hydrogen-bond donors (Lipinski definition) is 1. The number of ether oxygens (including phenoxy) is 1. The number of hydrogen-bond acceptors (Lipinski definition) is 7. The molecule has 1 aromatic carbocycles. The number of pyridine rings is 1. The van der Waals surface area contributed by atoms with Crippen LogP contribution in [0.2, 0.25) is 5.02 Å². The quantitative estimate of drug-likeness (QED) is 0.291. The summed E-state index contributed by atoms with van der Waals surface area (Å²) in [5.74, 6) is 0.245. The molecule has 6 rings (SSSR count). The van der Waals surface area contributed by atoms with Crippen LogP contribution in [0.15, 0.2) is 58.4 Å². The van der Waals surface area contributed by atoms with Gasteiger partial charge in [0.2, 0.25) is 5.88 Å². The van der Waals surface area contributed by atoms with Crippen LogP contribution in [-0.4, -0.2) is 38.9 Å². The fourth-order valence-electron chi connectivity index (χ4n) is 5.82. The zero-order valence-electron chi connectivity index (χ0n) is 22.8. The van der Waals surface area contributed by atoms with Crippen molar-refractivity contribution < 1.29 is 4.74 Å². The monoisotopic (exact) mass is 588 g/mol. The van der Waals surface area contributed by atoms with Crippen molar-refractivity contribution in [2.45, 2.75) is 39.4 Å². The summed E-state index contributed by atoms with van der Waals surface area (Å²) in [7, 11) is 1.44. The van der Waals surface area contributed by atoms with Gasteiger partial charge in [0.1, 0.15) is 0 Å². The van der Waals surface area contributed by atoms with Crippen LogP contribution in [-0.2, 0) is 19.6 Å². The van der Waals surface area contributed by atoms with E-state index < -0.39 is 16.7 Å². The second-order valence-corrected chi connectivity index (χ2v) is 12.0. The van der Waals surface area contributed by atoms with E-state index in [1.807, 2.05) is 43.5 Å². The predicted octanol–water partition coefficient (Wildman–Crippen LogP) is 4.86. The van der Waals surface area contributed by atoms with Crippen LogP contribution in [0.4, 0.5) is 0 Å². The fraction of sp³-hybridized carbons (Fsp3) is 0.333. The van der Waals surface area contributed by atoms with Crippen LogP contribution in [0, 0.1) is 16.7 Å². The van der Waals surface area contributed by atoms with Crippen molar-refractivity contribution >= 4 is 44.1 Å². The molecule has 0 saturated carbocycles. The summed E-state index contributed by atoms with van der Waals surface area (Å²) < 4.78 is 11.0. The van der Waals surface area contributed by atoms with Gasteiger partial charge in [0.05, 0.1) is 46.9 Å². The lowest BCUT2D eigenvalue weighted by Crippen LogP contribution is -2.39. The van der Waals surface area contributed by atoms with Crippen LogP contribution in [0.1, 0.15) is 24.6 Å². The zero-order valence-corrected chi connectivity index (χ0v) is 24.4. The van der Waals surface area contributed by atoms with Gasteiger partial charge in [-0.2, -0.15) is 5.26 Å². The van der Waals surface area contributed by atoms with E-state index in [1.54, 1.807) is 6.20 Å². The largest absolute Gasteiger partial charge is 0.482 e. The van der Waals surface area contributed by atoms with Gasteiger partial charge in [-0.3, -0.25) is 18.9 Å². The molecule has 5 aromatic rings. The third-order valence-electron chi connectivity index (χ3n) is 7.93. The molecule has 1 aliphatic rings. The Balaban J connectivity index is 1.46. The maximum atomic E-state index is 13.1. The molecule has 11 heteroatoms. The first-order chi connectivity index (χ1) is 19.9. The van der Waals surface area contributed by atoms with Crippen molar-refractivity contribution in [3.05, 3.63) is 79.5 Å². The van der Waals surface area contributed by atoms with E-state index in [1.165, 1.54) is 33.6 Å². The van der Waals surface area contributed by atoms with E-state index in [4.69, 9.17) is 16.3 Å². The molecule has 9 nitrogen and oxygen atoms in total. The van der Waals surface area contributed by atoms with Gasteiger partial charge in [-0.05, 0) is 63.2 Å². The first-order valence-electron chi connectivity index (χ1n) is 13.5. The minimum absolute atomic E-state index is 0.127. The molecule has 0 atom stereocenters. The van der Waals surface area contributed by atoms with Gasteiger partial charge in [-0.15, -0.1) is 11.3 Å². The predicted molar refractivity (Wildman–Crippen MR) is 162 cm³/mol. The fourth-order valence-corrected chi connectivity index (χ4v) is 7.18. The summed E-state index contributed by atoms with van der Waals surface area (Å²) in [6.07, 6.45) is 5.40. The van der Waals surface area contributed by atoms with Gasteiger partial charge >= 0.3 is 5.69 Å². The van der Waals surface area contributed by atoms with Crippen molar-refractivity contribution in [2.24, 2.45) is 5.41 Å². The lowest BCUT2D eigenvalue weighted by Gasteiger charge is -2.32. The summed E-state index contributed by atoms with van der Waals surface area (Å²) in [6, 6.07) is 13.8. The summed E-state index contributed by atoms with van der Waals surface area (Å²) in [4.78, 5) is 31.3. The van der Waals surface area contributed by atoms with Crippen LogP contribution in [0.5, 0.6) is 5.88 Å². The number of thiophene rings is 1. The van der Waals surface area contributed by atoms with Crippen molar-refractivity contribution in [1.82, 2.24) is 24.0 Å². The van der Waals surface area contributed by atoms with Crippen LogP contribution >= 0.6 is 22.9 Å². The van der Waals surface area contributed by atoms with Crippen LogP contribution < -0.4 is 21.3 Å². The van der Waals surface area contributed by atoms with E-state index in [0.717, 1.165) is 63.1 Å². The molecule has 1 fully saturated rings. The number of aromatic nitrogens is 4. The molecule has 1 aliphatic heterocycles. The molecule has 0 bridgehead atoms. The average molecular weight is 589 g/mol. The molecule has 41 heavy (non-hydrogen) atoms. The lowest BCUT2D eigenvalue weighted by atomic mass is 9.80. The molecule has 0 aliphatic carbocycles. The molecule has 210 valence electrons. The summed E-state index contributed by atoms with van der Waals surface area (Å²) in [5, 5.41) is 15.1. The van der Waals surface area contributed by atoms with Crippen LogP contribution in [0.25, 0.3) is 32.2 Å². The minimum atomic E-state index is -0.436. The number of rotatable bonds is 7. The highest BCUT2D eigenvalue weighted by Gasteiger charge is 2.33. The van der Waals surface area contributed by atoms with Gasteiger partial charge in [-0.1, -0.05) is 11.6 Å². The van der Waals surface area contributed by atoms with E-state index in [-0.39, 0.29) is 12.4 Å². The summed E-state index contributed by atoms with van der Waals surface area (Å²) >= 11 is 8.12. The molecule has 1 saturated heterocycles. The number of nitrogens with zero attached hydrogens (tertiary/aromatic N) is 5. The van der Waals surface area contributed by atoms with Crippen molar-refractivity contribution in [2.75, 3.05) is 20.2 Å². The molecule has 0 spiro atoms. The Hall–Kier alpha value is -3.91. The number of halogens is 1. The molecule has 0 unspecified atom stereocenters. The second kappa shape index (κ2) is 10.8. The number of nitrogens with one attached hydrogen (secondary N) is 1. The number of fused-ring (bicyclic) bond motifs is 2. The average Bonchev–Trinajstić information content (AvgIpc) is 3.58. The van der Waals surface area contributed by atoms with Gasteiger partial charge in [0, 0.05) is 51.9 Å². The van der Waals surface area contributed by atoms with Crippen LogP contribution in [0.3, 0.4) is 0 Å². The zero-order chi connectivity index (χ0) is 28.7. The first kappa shape index (κ1) is 27.3. The SMILES string of the molecule is CCn1c(OC)cc(=O)n(Cc2cc3nccc(-c4cc(Cl)cc5ccn(CC6(C#N)CCNCC6)c45)c3s2)c1=O. The maximum Gasteiger partial charge on any atom is 0.334 e. The molecule has 0 radical (unpaired) electrons. The Labute approximate surface area is 245 Å². The van der Waals surface area contributed by atoms with E-state index >= 15 is 0 Å². The van der Waals surface area contributed by atoms with Gasteiger partial charge in [0.15, 0.2) is 0 Å². The molecule has 1 N–H and O–H groups in total. The molecular weight excluding hydrogens is 560 g/mol. The number of piperidine rings is 1. The summed E-state index contributed by atoms with van der Waals surface area (Å²) in [5.41, 5.74) is 2.44. The lowest BCUT2D eigenvalue weighted by molar-refractivity contribution is 0.247. The van der Waals surface area contributed by atoms with E-state index in [2.05, 4.69) is 20.9 Å². The first-order valence-corrected chi connectivity index (χ1v) is 14.7. The molecular formula is C30H29ClN6O3S. The standard InChI is InChI=1S/C30H29ClN6O3S/c1-3-36-26(40-2)15-25(38)37(29(36)39)16-21-14-24-28(41-21)22(4-8-34-24)23-13-20(31)12-19-5-11-35(27(19)23)18-30(17-32)6-9-33-10-7-30/h4-5,8,11-15,33H,3,6-7,9-10,16,18H2,1-2H3. The van der Waals surface area contributed by atoms with E-state index in [9.17, 15) is 14.9 Å². The Bertz CT molecular complexity index is 1940. The topological polar surface area (TPSA) is 107 Å². The molecule has 4 aromatic heterocycles. The highest BCUT2D eigenvalue weighted by Crippen LogP contribution is 2.40. The van der Waals surface area contributed by atoms with Gasteiger partial charge in [0.25, 0.3) is 5.56 Å². The Morgan fingerprint density at radius 3 is 2.68 bits per heavy atom. The highest BCUT2D eigenvalue weighted by molar-refractivity contribution is 7.19. The molecule has 0 amide bonds. The Morgan fingerprint density at radius 2 is 1.95 bits per heavy atom. The van der Waals surface area contributed by atoms with Gasteiger partial charge in [-0.25, -0.2) is 4.79 Å². The normalized spacial score (nSPS) is 14.9. The number of benzene rings is 1. The smallest absolute Gasteiger partial charge is 0.334 e. The van der Waals surface area contributed by atoms with Crippen molar-refractivity contribution in [1.29, 1.82) is 5.26 Å². The third-order valence-corrected chi connectivity index (χ3v) is 9.29. The highest BCUT2D eigenvalue weighted by atomic mass is 35.5. The van der Waals surface area contributed by atoms with Gasteiger partial charge < -0.3 is 14.6 Å². The Morgan fingerprint density at radius 1 is 1.15 bits per heavy atom. The van der Waals surface area contributed by atoms with Crippen molar-refractivity contribution in [3.8, 4) is 23.1 Å². The second-order valence-electron chi connectivity index (χ2n) is 10.4. The number of nitriles is 1. The maximum absolute atomic E-state index is 13.1. The Kier molecular flexibility index (Phi) is 7.20. The number of methoxy groups -OCH3 is 1.